The van der Waals surface area contributed by atoms with Gasteiger partial charge in [-0.05, 0) is 56.9 Å². The summed E-state index contributed by atoms with van der Waals surface area (Å²) in [5.74, 6) is 0.264. The average Bonchev–Trinajstić information content (AvgIpc) is 2.52. The van der Waals surface area contributed by atoms with Crippen LogP contribution in [-0.2, 0) is 12.0 Å². The summed E-state index contributed by atoms with van der Waals surface area (Å²) in [6.45, 7) is 7.87. The Kier molecular flexibility index (Phi) is 5.15. The number of alkyl halides is 3. The molecule has 0 radical (unpaired) electrons. The Balaban J connectivity index is 2.17. The molecule has 5 heteroatoms. The zero-order valence-electron chi connectivity index (χ0n) is 16.2. The molecule has 1 aliphatic heterocycles. The van der Waals surface area contributed by atoms with Crippen LogP contribution in [0.15, 0.2) is 30.3 Å². The molecule has 0 aliphatic carbocycles. The number of rotatable bonds is 5. The first-order chi connectivity index (χ1) is 12.6. The highest BCUT2D eigenvalue weighted by Crippen LogP contribution is 2.51. The fraction of sp³-hybridized carbons (Fsp3) is 0.455. The van der Waals surface area contributed by atoms with E-state index in [1.807, 2.05) is 45.0 Å². The molecule has 0 spiro atoms. The molecule has 0 N–H and O–H groups in total. The van der Waals surface area contributed by atoms with E-state index in [2.05, 4.69) is 11.7 Å². The van der Waals surface area contributed by atoms with Gasteiger partial charge in [0.05, 0.1) is 5.56 Å². The first kappa shape index (κ1) is 19.6. The van der Waals surface area contributed by atoms with Gasteiger partial charge in [-0.3, -0.25) is 0 Å². The Morgan fingerprint density at radius 1 is 1.07 bits per heavy atom. The summed E-state index contributed by atoms with van der Waals surface area (Å²) < 4.78 is 49.9. The second kappa shape index (κ2) is 7.10. The van der Waals surface area contributed by atoms with E-state index in [1.165, 1.54) is 6.07 Å². The molecule has 2 aromatic rings. The van der Waals surface area contributed by atoms with Gasteiger partial charge < -0.3 is 9.47 Å². The van der Waals surface area contributed by atoms with E-state index in [0.29, 0.717) is 17.7 Å². The predicted molar refractivity (Wildman–Crippen MR) is 100 cm³/mol. The average molecular weight is 378 g/mol. The number of hydrogen-bond acceptors (Lipinski definition) is 2. The number of benzene rings is 2. The summed E-state index contributed by atoms with van der Waals surface area (Å²) in [7, 11) is 0. The molecule has 3 rings (SSSR count). The molecule has 0 bridgehead atoms. The Labute approximate surface area is 158 Å². The molecule has 0 fully saturated rings. The molecule has 2 nitrogen and oxygen atoms in total. The van der Waals surface area contributed by atoms with E-state index in [1.54, 1.807) is 0 Å². The van der Waals surface area contributed by atoms with E-state index < -0.39 is 12.0 Å². The quantitative estimate of drug-likeness (QED) is 0.526. The van der Waals surface area contributed by atoms with Crippen molar-refractivity contribution in [1.29, 1.82) is 0 Å². The summed E-state index contributed by atoms with van der Waals surface area (Å²) in [6.07, 6.45) is -1.07. The van der Waals surface area contributed by atoms with Crippen molar-refractivity contribution in [2.24, 2.45) is 0 Å². The molecule has 146 valence electrons. The zero-order valence-corrected chi connectivity index (χ0v) is 16.2. The Morgan fingerprint density at radius 3 is 2.48 bits per heavy atom. The van der Waals surface area contributed by atoms with Crippen molar-refractivity contribution in [3.63, 3.8) is 0 Å². The smallest absolute Gasteiger partial charge is 0.482 e. The van der Waals surface area contributed by atoms with Crippen molar-refractivity contribution < 1.29 is 22.6 Å². The molecule has 0 saturated carbocycles. The number of ether oxygens (including phenoxy) is 2. The van der Waals surface area contributed by atoms with Gasteiger partial charge in [-0.25, -0.2) is 0 Å². The number of fused-ring (bicyclic) bond motifs is 3. The topological polar surface area (TPSA) is 18.5 Å². The third-order valence-corrected chi connectivity index (χ3v) is 4.88. The molecule has 0 saturated heterocycles. The minimum absolute atomic E-state index is 0.186. The van der Waals surface area contributed by atoms with Crippen molar-refractivity contribution in [2.75, 3.05) is 0 Å². The van der Waals surface area contributed by atoms with Gasteiger partial charge in [-0.1, -0.05) is 43.5 Å². The van der Waals surface area contributed by atoms with Gasteiger partial charge >= 0.3 is 6.36 Å². The fourth-order valence-corrected chi connectivity index (χ4v) is 3.64. The third-order valence-electron chi connectivity index (χ3n) is 4.88. The molecule has 0 atom stereocenters. The van der Waals surface area contributed by atoms with Crippen LogP contribution in [0, 0.1) is 6.92 Å². The highest BCUT2D eigenvalue weighted by molar-refractivity contribution is 5.82. The number of aryl methyl sites for hydroxylation is 2. The highest BCUT2D eigenvalue weighted by atomic mass is 19.4. The monoisotopic (exact) mass is 378 g/mol. The Morgan fingerprint density at radius 2 is 1.81 bits per heavy atom. The van der Waals surface area contributed by atoms with Crippen molar-refractivity contribution in [3.05, 3.63) is 47.0 Å². The first-order valence-electron chi connectivity index (χ1n) is 9.34. The van der Waals surface area contributed by atoms with Gasteiger partial charge in [0.15, 0.2) is 0 Å². The maximum atomic E-state index is 13.1. The molecule has 0 aromatic heterocycles. The van der Waals surface area contributed by atoms with Gasteiger partial charge in [0, 0.05) is 5.56 Å². The zero-order chi connectivity index (χ0) is 19.8. The largest absolute Gasteiger partial charge is 0.573 e. The lowest BCUT2D eigenvalue weighted by molar-refractivity contribution is -0.274. The van der Waals surface area contributed by atoms with Crippen molar-refractivity contribution in [3.8, 4) is 22.6 Å². The molecule has 0 amide bonds. The van der Waals surface area contributed by atoms with Crippen molar-refractivity contribution >= 4 is 0 Å². The summed E-state index contributed by atoms with van der Waals surface area (Å²) in [5.41, 5.74) is 3.11. The summed E-state index contributed by atoms with van der Waals surface area (Å²) >= 11 is 0. The van der Waals surface area contributed by atoms with Crippen molar-refractivity contribution in [1.82, 2.24) is 0 Å². The second-order valence-electron chi connectivity index (χ2n) is 7.63. The fourth-order valence-electron chi connectivity index (χ4n) is 3.64. The predicted octanol–water partition coefficient (Wildman–Crippen LogP) is 6.92. The second-order valence-corrected chi connectivity index (χ2v) is 7.63. The van der Waals surface area contributed by atoms with Gasteiger partial charge in [-0.2, -0.15) is 0 Å². The van der Waals surface area contributed by atoms with Crippen LogP contribution in [0.3, 0.4) is 0 Å². The number of hydrogen-bond donors (Lipinski definition) is 0. The van der Waals surface area contributed by atoms with Gasteiger partial charge in [0.1, 0.15) is 17.1 Å². The lowest BCUT2D eigenvalue weighted by Gasteiger charge is -2.36. The standard InChI is InChI=1S/C22H25F3O2/c1-5-6-7-8-15-12-18-20(19(13-15)27-22(23,24)25)16-11-14(2)9-10-17(16)21(3,4)26-18/h9-13H,5-8H2,1-4H3. The number of halogens is 3. The van der Waals surface area contributed by atoms with Crippen LogP contribution in [0.2, 0.25) is 0 Å². The van der Waals surface area contributed by atoms with Gasteiger partial charge in [0.25, 0.3) is 0 Å². The van der Waals surface area contributed by atoms with Crippen LogP contribution < -0.4 is 9.47 Å². The third kappa shape index (κ3) is 4.23. The normalized spacial score (nSPS) is 14.9. The lowest BCUT2D eigenvalue weighted by atomic mass is 9.84. The Hall–Kier alpha value is -2.17. The van der Waals surface area contributed by atoms with Crippen LogP contribution in [0.5, 0.6) is 11.5 Å². The van der Waals surface area contributed by atoms with E-state index in [4.69, 9.17) is 4.74 Å². The molecule has 27 heavy (non-hydrogen) atoms. The minimum atomic E-state index is -4.76. The summed E-state index contributed by atoms with van der Waals surface area (Å²) in [4.78, 5) is 0. The molecular formula is C22H25F3O2. The SMILES string of the molecule is CCCCCc1cc(OC(F)(F)F)c2c(c1)OC(C)(C)c1ccc(C)cc1-2. The van der Waals surface area contributed by atoms with E-state index in [9.17, 15) is 13.2 Å². The summed E-state index contributed by atoms with van der Waals surface area (Å²) in [6, 6.07) is 9.13. The van der Waals surface area contributed by atoms with Crippen LogP contribution in [0.1, 0.15) is 56.7 Å². The minimum Gasteiger partial charge on any atom is -0.482 e. The van der Waals surface area contributed by atoms with E-state index >= 15 is 0 Å². The van der Waals surface area contributed by atoms with E-state index in [-0.39, 0.29) is 5.75 Å². The van der Waals surface area contributed by atoms with Crippen LogP contribution >= 0.6 is 0 Å². The van der Waals surface area contributed by atoms with Crippen LogP contribution in [0.25, 0.3) is 11.1 Å². The molecule has 0 unspecified atom stereocenters. The van der Waals surface area contributed by atoms with Crippen LogP contribution in [-0.4, -0.2) is 6.36 Å². The Bertz CT molecular complexity index is 838. The molecule has 1 heterocycles. The number of unbranched alkanes of at least 4 members (excludes halogenated alkanes) is 2. The highest BCUT2D eigenvalue weighted by Gasteiger charge is 2.38. The molecule has 2 aromatic carbocycles. The van der Waals surface area contributed by atoms with Gasteiger partial charge in [0.2, 0.25) is 0 Å². The maximum absolute atomic E-state index is 13.1. The van der Waals surface area contributed by atoms with Crippen molar-refractivity contribution in [2.45, 2.75) is 65.3 Å². The molecular weight excluding hydrogens is 353 g/mol. The summed E-state index contributed by atoms with van der Waals surface area (Å²) in [5, 5.41) is 0. The lowest BCUT2D eigenvalue weighted by Crippen LogP contribution is -2.30. The molecule has 1 aliphatic rings. The van der Waals surface area contributed by atoms with Crippen LogP contribution in [0.4, 0.5) is 13.2 Å². The van der Waals surface area contributed by atoms with Gasteiger partial charge in [-0.15, -0.1) is 13.2 Å². The van der Waals surface area contributed by atoms with E-state index in [0.717, 1.165) is 41.5 Å². The first-order valence-corrected chi connectivity index (χ1v) is 9.34. The maximum Gasteiger partial charge on any atom is 0.573 e.